The fourth-order valence-corrected chi connectivity index (χ4v) is 6.09. The molecule has 6 rings (SSSR count). The predicted octanol–water partition coefficient (Wildman–Crippen LogP) is 6.88. The Kier molecular flexibility index (Phi) is 8.93. The lowest BCUT2D eigenvalue weighted by molar-refractivity contribution is -0.890. The number of carbonyl (C=O) groups excluding carboxylic acids is 2. The molecule has 3 aromatic heterocycles. The van der Waals surface area contributed by atoms with Gasteiger partial charge < -0.3 is 15.1 Å². The third kappa shape index (κ3) is 6.91. The molecule has 0 radical (unpaired) electrons. The molecule has 3 aromatic carbocycles. The molecule has 8 heteroatoms. The van der Waals surface area contributed by atoms with Gasteiger partial charge in [-0.05, 0) is 55.7 Å². The van der Waals surface area contributed by atoms with Crippen LogP contribution >= 0.6 is 0 Å². The summed E-state index contributed by atoms with van der Waals surface area (Å²) in [6.45, 7) is 2.58. The molecule has 2 N–H and O–H groups in total. The second-order valence-electron chi connectivity index (χ2n) is 12.3. The van der Waals surface area contributed by atoms with E-state index in [-0.39, 0.29) is 11.8 Å². The first-order chi connectivity index (χ1) is 21.9. The number of pyridine rings is 3. The van der Waals surface area contributed by atoms with Crippen LogP contribution in [0.15, 0.2) is 91.3 Å². The Bertz CT molecular complexity index is 1950. The quantitative estimate of drug-likeness (QED) is 0.0692. The highest BCUT2D eigenvalue weighted by Crippen LogP contribution is 2.29. The van der Waals surface area contributed by atoms with Gasteiger partial charge in [0.1, 0.15) is 0 Å². The summed E-state index contributed by atoms with van der Waals surface area (Å²) in [5.41, 5.74) is 4.76. The van der Waals surface area contributed by atoms with Crippen LogP contribution in [0.25, 0.3) is 43.6 Å². The van der Waals surface area contributed by atoms with Crippen molar-refractivity contribution in [1.82, 2.24) is 20.3 Å². The Balaban J connectivity index is 0.947. The Labute approximate surface area is 263 Å². The van der Waals surface area contributed by atoms with Crippen molar-refractivity contribution in [2.24, 2.45) is 0 Å². The molecule has 0 saturated carbocycles. The topological polar surface area (TPSA) is 96.9 Å². The smallest absolute Gasteiger partial charge is 0.252 e. The highest BCUT2D eigenvalue weighted by atomic mass is 16.2. The van der Waals surface area contributed by atoms with E-state index in [2.05, 4.69) is 34.7 Å². The van der Waals surface area contributed by atoms with E-state index in [0.717, 1.165) is 92.6 Å². The number of rotatable bonds is 12. The van der Waals surface area contributed by atoms with E-state index >= 15 is 0 Å². The van der Waals surface area contributed by atoms with Crippen LogP contribution in [0.4, 0.5) is 5.69 Å². The van der Waals surface area contributed by atoms with Crippen molar-refractivity contribution >= 4 is 61.1 Å². The predicted molar refractivity (Wildman–Crippen MR) is 182 cm³/mol. The zero-order chi connectivity index (χ0) is 31.2. The Morgan fingerprint density at radius 3 is 2.11 bits per heavy atom. The lowest BCUT2D eigenvalue weighted by Crippen LogP contribution is -2.42. The molecule has 0 unspecified atom stereocenters. The van der Waals surface area contributed by atoms with Crippen LogP contribution in [0.2, 0.25) is 0 Å². The SMILES string of the molecule is C[N+](C)(CCCCCC(=O)Nc1cc2cccnc2c2ncccc12)CCCNC(=O)c1c2ccccc2nc2ccccc12. The third-order valence-electron chi connectivity index (χ3n) is 8.44. The number of nitrogens with one attached hydrogen (secondary N) is 2. The number of carbonyl (C=O) groups is 2. The van der Waals surface area contributed by atoms with Gasteiger partial charge in [-0.2, -0.15) is 0 Å². The van der Waals surface area contributed by atoms with Crippen LogP contribution in [0.3, 0.4) is 0 Å². The van der Waals surface area contributed by atoms with Crippen LogP contribution in [0, 0.1) is 0 Å². The van der Waals surface area contributed by atoms with Gasteiger partial charge in [0.2, 0.25) is 5.91 Å². The molecule has 8 nitrogen and oxygen atoms in total. The van der Waals surface area contributed by atoms with Crippen molar-refractivity contribution in [2.45, 2.75) is 32.1 Å². The molecule has 0 aliphatic rings. The Morgan fingerprint density at radius 2 is 1.36 bits per heavy atom. The second kappa shape index (κ2) is 13.4. The minimum atomic E-state index is -0.0574. The molecule has 0 aliphatic heterocycles. The minimum absolute atomic E-state index is 0.0163. The lowest BCUT2D eigenvalue weighted by Gasteiger charge is -2.30. The molecular formula is C37H39N6O2+. The molecule has 2 amide bonds. The van der Waals surface area contributed by atoms with E-state index in [0.29, 0.717) is 18.5 Å². The first-order valence-electron chi connectivity index (χ1n) is 15.7. The first kappa shape index (κ1) is 30.1. The van der Waals surface area contributed by atoms with E-state index in [9.17, 15) is 9.59 Å². The molecule has 228 valence electrons. The molecule has 0 spiro atoms. The highest BCUT2D eigenvalue weighted by Gasteiger charge is 2.18. The largest absolute Gasteiger partial charge is 0.352 e. The zero-order valence-electron chi connectivity index (χ0n) is 25.9. The number of unbranched alkanes of at least 4 members (excludes halogenated alkanes) is 2. The molecule has 6 aromatic rings. The van der Waals surface area contributed by atoms with Crippen LogP contribution in [-0.2, 0) is 4.79 Å². The standard InChI is InChI=1S/C37H38N6O2/c1-43(2,24-12-22-40-37(45)34-27-14-5-7-17-30(27)41-31-18-8-6-15-28(31)34)23-9-3-4-19-33(44)42-32-25-26-13-10-20-38-35(26)36-29(32)16-11-21-39-36/h5-8,10-11,13-18,20-21,25H,3-4,9,12,19,22-24H2,1-2H3,(H-,39,40,42,44,45)/p+1. The molecular weight excluding hydrogens is 560 g/mol. The fourth-order valence-electron chi connectivity index (χ4n) is 6.09. The van der Waals surface area contributed by atoms with Gasteiger partial charge in [-0.15, -0.1) is 0 Å². The molecule has 0 fully saturated rings. The first-order valence-corrected chi connectivity index (χ1v) is 15.7. The summed E-state index contributed by atoms with van der Waals surface area (Å²) in [7, 11) is 4.46. The van der Waals surface area contributed by atoms with Gasteiger partial charge in [-0.25, -0.2) is 4.98 Å². The summed E-state index contributed by atoms with van der Waals surface area (Å²) in [5.74, 6) is -0.0411. The van der Waals surface area contributed by atoms with Gasteiger partial charge in [0.15, 0.2) is 0 Å². The van der Waals surface area contributed by atoms with E-state index < -0.39 is 0 Å². The molecule has 0 aliphatic carbocycles. The average Bonchev–Trinajstić information content (AvgIpc) is 3.05. The van der Waals surface area contributed by atoms with Crippen LogP contribution in [0.5, 0.6) is 0 Å². The summed E-state index contributed by atoms with van der Waals surface area (Å²) >= 11 is 0. The summed E-state index contributed by atoms with van der Waals surface area (Å²) < 4.78 is 0.868. The average molecular weight is 600 g/mol. The number of para-hydroxylation sites is 2. The van der Waals surface area contributed by atoms with Gasteiger partial charge >= 0.3 is 0 Å². The molecule has 3 heterocycles. The monoisotopic (exact) mass is 599 g/mol. The van der Waals surface area contributed by atoms with Crippen molar-refractivity contribution < 1.29 is 14.1 Å². The minimum Gasteiger partial charge on any atom is -0.352 e. The van der Waals surface area contributed by atoms with Crippen LogP contribution < -0.4 is 10.6 Å². The van der Waals surface area contributed by atoms with E-state index in [1.165, 1.54) is 0 Å². The number of benzene rings is 3. The number of nitrogens with zero attached hydrogens (tertiary/aromatic N) is 4. The third-order valence-corrected chi connectivity index (χ3v) is 8.44. The Hall–Kier alpha value is -4.95. The van der Waals surface area contributed by atoms with Crippen LogP contribution in [-0.4, -0.2) is 65.0 Å². The lowest BCUT2D eigenvalue weighted by atomic mass is 10.0. The molecule has 45 heavy (non-hydrogen) atoms. The summed E-state index contributed by atoms with van der Waals surface area (Å²) in [4.78, 5) is 39.9. The molecule has 0 bridgehead atoms. The van der Waals surface area contributed by atoms with E-state index in [1.54, 1.807) is 12.4 Å². The van der Waals surface area contributed by atoms with Crippen molar-refractivity contribution in [3.63, 3.8) is 0 Å². The number of aromatic nitrogens is 3. The van der Waals surface area contributed by atoms with Gasteiger partial charge in [0.25, 0.3) is 5.91 Å². The van der Waals surface area contributed by atoms with E-state index in [1.807, 2.05) is 78.9 Å². The van der Waals surface area contributed by atoms with Crippen LogP contribution in [0.1, 0.15) is 42.5 Å². The zero-order valence-corrected chi connectivity index (χ0v) is 25.9. The molecule has 0 saturated heterocycles. The summed E-state index contributed by atoms with van der Waals surface area (Å²) in [5, 5.41) is 9.87. The van der Waals surface area contributed by atoms with Gasteiger partial charge in [-0.1, -0.05) is 42.5 Å². The molecule has 0 atom stereocenters. The van der Waals surface area contributed by atoms with Crippen molar-refractivity contribution in [3.8, 4) is 0 Å². The number of fused-ring (bicyclic) bond motifs is 5. The van der Waals surface area contributed by atoms with E-state index in [4.69, 9.17) is 4.98 Å². The van der Waals surface area contributed by atoms with Crippen molar-refractivity contribution in [2.75, 3.05) is 39.0 Å². The second-order valence-corrected chi connectivity index (χ2v) is 12.3. The van der Waals surface area contributed by atoms with Crippen molar-refractivity contribution in [3.05, 3.63) is 96.8 Å². The fraction of sp³-hybridized carbons (Fsp3) is 0.270. The number of amides is 2. The number of quaternary nitrogens is 1. The number of hydrogen-bond donors (Lipinski definition) is 2. The summed E-state index contributed by atoms with van der Waals surface area (Å²) in [6.07, 6.45) is 7.73. The number of anilines is 1. The maximum absolute atomic E-state index is 13.4. The Morgan fingerprint density at radius 1 is 0.711 bits per heavy atom. The normalized spacial score (nSPS) is 11.8. The highest BCUT2D eigenvalue weighted by molar-refractivity contribution is 6.16. The summed E-state index contributed by atoms with van der Waals surface area (Å²) in [6, 6.07) is 25.3. The number of hydrogen-bond acceptors (Lipinski definition) is 5. The van der Waals surface area contributed by atoms with Gasteiger partial charge in [0.05, 0.1) is 60.5 Å². The van der Waals surface area contributed by atoms with Crippen molar-refractivity contribution in [1.29, 1.82) is 0 Å². The van der Waals surface area contributed by atoms with Gasteiger partial charge in [-0.3, -0.25) is 19.6 Å². The van der Waals surface area contributed by atoms with Gasteiger partial charge in [0, 0.05) is 53.3 Å². The maximum atomic E-state index is 13.4. The maximum Gasteiger partial charge on any atom is 0.252 e.